The van der Waals surface area contributed by atoms with Crippen LogP contribution in [-0.2, 0) is 19.1 Å². The molecule has 0 radical (unpaired) electrons. The largest absolute Gasteiger partial charge is 0.450 e. The number of amides is 3. The molecule has 0 saturated carbocycles. The highest BCUT2D eigenvalue weighted by Crippen LogP contribution is 1.97. The van der Waals surface area contributed by atoms with Gasteiger partial charge in [-0.2, -0.15) is 0 Å². The van der Waals surface area contributed by atoms with E-state index in [1.807, 2.05) is 6.92 Å². The lowest BCUT2D eigenvalue weighted by molar-refractivity contribution is -0.131. The summed E-state index contributed by atoms with van der Waals surface area (Å²) < 4.78 is 4.86. The fourth-order valence-corrected chi connectivity index (χ4v) is 2.07. The predicted octanol–water partition coefficient (Wildman–Crippen LogP) is -1.88. The molecule has 0 unspecified atom stereocenters. The molecule has 0 aliphatic rings. The predicted molar refractivity (Wildman–Crippen MR) is 106 cm³/mol. The molecule has 0 aromatic heterocycles. The maximum atomic E-state index is 12.2. The van der Waals surface area contributed by atoms with E-state index in [-0.39, 0.29) is 12.6 Å². The van der Waals surface area contributed by atoms with E-state index in [1.54, 1.807) is 0 Å². The lowest BCUT2D eigenvalue weighted by atomic mass is 10.1. The zero-order chi connectivity index (χ0) is 22.2. The number of carbonyl (C=O) groups is 4. The lowest BCUT2D eigenvalue weighted by Gasteiger charge is -2.21. The first-order chi connectivity index (χ1) is 13.7. The summed E-state index contributed by atoms with van der Waals surface area (Å²) in [4.78, 5) is 50.8. The number of alkyl carbamates (subject to hydrolysis) is 1. The van der Waals surface area contributed by atoms with Gasteiger partial charge in [0.25, 0.3) is 0 Å². The van der Waals surface area contributed by atoms with E-state index in [0.29, 0.717) is 32.1 Å². The number of aldehydes is 1. The van der Waals surface area contributed by atoms with Crippen LogP contribution in [0.2, 0.25) is 0 Å². The van der Waals surface area contributed by atoms with Crippen LogP contribution in [0.5, 0.6) is 0 Å². The maximum Gasteiger partial charge on any atom is 0.407 e. The molecule has 0 fully saturated rings. The van der Waals surface area contributed by atoms with E-state index in [1.165, 1.54) is 6.92 Å². The fourth-order valence-electron chi connectivity index (χ4n) is 2.07. The Labute approximate surface area is 169 Å². The van der Waals surface area contributed by atoms with Gasteiger partial charge in [0.2, 0.25) is 11.8 Å². The molecule has 0 spiro atoms. The molecule has 3 atom stereocenters. The van der Waals surface area contributed by atoms with Crippen LogP contribution in [0, 0.1) is 0 Å². The fraction of sp³-hybridized carbons (Fsp3) is 0.706. The molecule has 0 aliphatic heterocycles. The summed E-state index contributed by atoms with van der Waals surface area (Å²) in [6, 6.07) is -3.05. The van der Waals surface area contributed by atoms with Crippen molar-refractivity contribution in [3.05, 3.63) is 0 Å². The second kappa shape index (κ2) is 15.1. The highest BCUT2D eigenvalue weighted by Gasteiger charge is 2.25. The highest BCUT2D eigenvalue weighted by molar-refractivity contribution is 5.91. The SMILES string of the molecule is CCCCOC(=O)N[C@H](CO)C(=O)N[C@@H](C)C(=O)N[C@H](C=O)CCCN=C(N)N. The van der Waals surface area contributed by atoms with Crippen LogP contribution in [0.3, 0.4) is 0 Å². The Morgan fingerprint density at radius 1 is 1.14 bits per heavy atom. The Morgan fingerprint density at radius 2 is 1.83 bits per heavy atom. The minimum absolute atomic E-state index is 0.0608. The topological polar surface area (TPSA) is 198 Å². The molecule has 0 aromatic carbocycles. The van der Waals surface area contributed by atoms with Crippen LogP contribution in [-0.4, -0.2) is 73.1 Å². The number of unbranched alkanes of at least 4 members (excludes halogenated alkanes) is 1. The normalized spacial score (nSPS) is 13.3. The lowest BCUT2D eigenvalue weighted by Crippen LogP contribution is -2.55. The molecule has 0 bridgehead atoms. The molecular weight excluding hydrogens is 384 g/mol. The summed E-state index contributed by atoms with van der Waals surface area (Å²) in [5.41, 5.74) is 10.4. The number of nitrogens with one attached hydrogen (secondary N) is 3. The van der Waals surface area contributed by atoms with Crippen LogP contribution in [0.4, 0.5) is 4.79 Å². The summed E-state index contributed by atoms with van der Waals surface area (Å²) in [7, 11) is 0. The number of nitrogens with zero attached hydrogens (tertiary/aromatic N) is 1. The molecule has 0 rings (SSSR count). The van der Waals surface area contributed by atoms with E-state index in [0.717, 1.165) is 6.42 Å². The summed E-state index contributed by atoms with van der Waals surface area (Å²) in [6.45, 7) is 3.16. The van der Waals surface area contributed by atoms with E-state index in [4.69, 9.17) is 16.2 Å². The van der Waals surface area contributed by atoms with E-state index >= 15 is 0 Å². The molecule has 3 amide bonds. The Morgan fingerprint density at radius 3 is 2.38 bits per heavy atom. The van der Waals surface area contributed by atoms with Gasteiger partial charge < -0.3 is 42.1 Å². The van der Waals surface area contributed by atoms with Crippen LogP contribution in [0.25, 0.3) is 0 Å². The number of nitrogens with two attached hydrogens (primary N) is 2. The van der Waals surface area contributed by atoms with Crippen molar-refractivity contribution >= 4 is 30.2 Å². The first-order valence-electron chi connectivity index (χ1n) is 9.40. The third-order valence-electron chi connectivity index (χ3n) is 3.73. The first-order valence-corrected chi connectivity index (χ1v) is 9.40. The van der Waals surface area contributed by atoms with Gasteiger partial charge in [0, 0.05) is 6.54 Å². The molecule has 166 valence electrons. The summed E-state index contributed by atoms with van der Waals surface area (Å²) in [5.74, 6) is -1.42. The third kappa shape index (κ3) is 12.2. The summed E-state index contributed by atoms with van der Waals surface area (Å²) >= 11 is 0. The second-order valence-electron chi connectivity index (χ2n) is 6.30. The van der Waals surface area contributed by atoms with Crippen molar-refractivity contribution in [2.45, 2.75) is 57.7 Å². The molecule has 0 aliphatic carbocycles. The number of hydrogen-bond donors (Lipinski definition) is 6. The highest BCUT2D eigenvalue weighted by atomic mass is 16.5. The van der Waals surface area contributed by atoms with Gasteiger partial charge in [-0.25, -0.2) is 4.79 Å². The Balaban J connectivity index is 4.49. The number of aliphatic hydroxyl groups excluding tert-OH is 1. The quantitative estimate of drug-likeness (QED) is 0.0817. The van der Waals surface area contributed by atoms with Crippen molar-refractivity contribution in [3.8, 4) is 0 Å². The monoisotopic (exact) mass is 416 g/mol. The van der Waals surface area contributed by atoms with Gasteiger partial charge in [0.15, 0.2) is 5.96 Å². The Kier molecular flexibility index (Phi) is 13.6. The number of aliphatic hydroxyl groups is 1. The van der Waals surface area contributed by atoms with Crippen LogP contribution < -0.4 is 27.4 Å². The van der Waals surface area contributed by atoms with Gasteiger partial charge in [-0.1, -0.05) is 13.3 Å². The zero-order valence-electron chi connectivity index (χ0n) is 16.8. The molecule has 8 N–H and O–H groups in total. The minimum Gasteiger partial charge on any atom is -0.450 e. The summed E-state index contributed by atoms with van der Waals surface area (Å²) in [6.07, 6.45) is 2.03. The van der Waals surface area contributed by atoms with E-state index < -0.39 is 42.6 Å². The van der Waals surface area contributed by atoms with E-state index in [9.17, 15) is 24.3 Å². The van der Waals surface area contributed by atoms with Crippen LogP contribution in [0.1, 0.15) is 39.5 Å². The number of carbonyl (C=O) groups excluding carboxylic acids is 4. The average Bonchev–Trinajstić information content (AvgIpc) is 2.67. The second-order valence-corrected chi connectivity index (χ2v) is 6.30. The molecule has 12 heteroatoms. The summed E-state index contributed by atoms with van der Waals surface area (Å²) in [5, 5.41) is 16.4. The van der Waals surface area contributed by atoms with Gasteiger partial charge in [-0.05, 0) is 26.2 Å². The zero-order valence-corrected chi connectivity index (χ0v) is 16.8. The number of rotatable bonds is 14. The van der Waals surface area contributed by atoms with Crippen molar-refractivity contribution in [2.75, 3.05) is 19.8 Å². The van der Waals surface area contributed by atoms with Gasteiger partial charge in [-0.3, -0.25) is 14.6 Å². The molecular formula is C17H32N6O6. The minimum atomic E-state index is -1.28. The standard InChI is InChI=1S/C17H32N6O6/c1-3-4-8-29-17(28)23-13(10-25)15(27)21-11(2)14(26)22-12(9-24)6-5-7-20-16(18)19/h9,11-13,25H,3-8,10H2,1-2H3,(H,21,27)(H,22,26)(H,23,28)(H4,18,19,20)/t11-,12-,13+/m0/s1. The molecule has 0 saturated heterocycles. The van der Waals surface area contributed by atoms with Crippen molar-refractivity contribution in [1.29, 1.82) is 0 Å². The van der Waals surface area contributed by atoms with Gasteiger partial charge in [0.05, 0.1) is 19.3 Å². The van der Waals surface area contributed by atoms with Crippen molar-refractivity contribution in [2.24, 2.45) is 16.5 Å². The van der Waals surface area contributed by atoms with Crippen molar-refractivity contribution in [1.82, 2.24) is 16.0 Å². The van der Waals surface area contributed by atoms with Crippen LogP contribution >= 0.6 is 0 Å². The number of ether oxygens (including phenoxy) is 1. The maximum absolute atomic E-state index is 12.2. The molecule has 0 heterocycles. The number of hydrogen-bond acceptors (Lipinski definition) is 7. The Bertz CT molecular complexity index is 567. The van der Waals surface area contributed by atoms with E-state index in [2.05, 4.69) is 20.9 Å². The van der Waals surface area contributed by atoms with Crippen molar-refractivity contribution < 1.29 is 29.0 Å². The molecule has 12 nitrogen and oxygen atoms in total. The first kappa shape index (κ1) is 26.1. The van der Waals surface area contributed by atoms with Gasteiger partial charge in [-0.15, -0.1) is 0 Å². The smallest absolute Gasteiger partial charge is 0.407 e. The number of guanidine groups is 1. The average molecular weight is 416 g/mol. The van der Waals surface area contributed by atoms with Gasteiger partial charge >= 0.3 is 6.09 Å². The van der Waals surface area contributed by atoms with Crippen molar-refractivity contribution in [3.63, 3.8) is 0 Å². The Hall–Kier alpha value is -2.89. The molecule has 29 heavy (non-hydrogen) atoms. The van der Waals surface area contributed by atoms with Gasteiger partial charge in [0.1, 0.15) is 18.4 Å². The third-order valence-corrected chi connectivity index (χ3v) is 3.73. The van der Waals surface area contributed by atoms with Crippen LogP contribution in [0.15, 0.2) is 4.99 Å². The molecule has 0 aromatic rings. The number of aliphatic imine (C=N–C) groups is 1.